The number of ether oxygens (including phenoxy) is 1. The molecule has 20 heavy (non-hydrogen) atoms. The van der Waals surface area contributed by atoms with Gasteiger partial charge in [0.05, 0.1) is 18.8 Å². The minimum absolute atomic E-state index is 0.375. The van der Waals surface area contributed by atoms with Gasteiger partial charge in [0.1, 0.15) is 5.75 Å². The fraction of sp³-hybridized carbons (Fsp3) is 0.375. The fourth-order valence-electron chi connectivity index (χ4n) is 2.77. The quantitative estimate of drug-likeness (QED) is 0.840. The van der Waals surface area contributed by atoms with Crippen molar-refractivity contribution in [2.75, 3.05) is 12.4 Å². The Morgan fingerprint density at radius 2 is 2.25 bits per heavy atom. The van der Waals surface area contributed by atoms with E-state index in [1.165, 1.54) is 23.3 Å². The van der Waals surface area contributed by atoms with Gasteiger partial charge in [0.15, 0.2) is 0 Å². The van der Waals surface area contributed by atoms with Crippen LogP contribution in [-0.4, -0.2) is 7.11 Å². The van der Waals surface area contributed by atoms with Gasteiger partial charge in [0.25, 0.3) is 0 Å². The number of methoxy groups -OCH3 is 1. The number of rotatable bonds is 3. The number of nitrogens with one attached hydrogen (secondary N) is 1. The Kier molecular flexibility index (Phi) is 3.90. The average molecular weight is 308 g/mol. The highest BCUT2D eigenvalue weighted by molar-refractivity contribution is 7.10. The Morgan fingerprint density at radius 1 is 1.40 bits per heavy atom. The molecule has 4 heteroatoms. The molecular formula is C16H18ClNOS. The van der Waals surface area contributed by atoms with Crippen molar-refractivity contribution in [2.24, 2.45) is 0 Å². The summed E-state index contributed by atoms with van der Waals surface area (Å²) in [7, 11) is 1.68. The second kappa shape index (κ2) is 5.66. The first kappa shape index (κ1) is 13.8. The summed E-state index contributed by atoms with van der Waals surface area (Å²) in [6, 6.07) is 6.57. The number of hydrogen-bond acceptors (Lipinski definition) is 3. The molecule has 0 aliphatic heterocycles. The molecule has 0 fully saturated rings. The summed E-state index contributed by atoms with van der Waals surface area (Å²) in [6.07, 6.45) is 3.61. The lowest BCUT2D eigenvalue weighted by Crippen LogP contribution is -2.16. The molecule has 1 aliphatic rings. The third-order valence-electron chi connectivity index (χ3n) is 3.86. The molecule has 2 aromatic rings. The van der Waals surface area contributed by atoms with Gasteiger partial charge in [-0.25, -0.2) is 0 Å². The second-order valence-corrected chi connectivity index (χ2v) is 6.60. The normalized spacial score (nSPS) is 17.6. The zero-order chi connectivity index (χ0) is 14.1. The first-order chi connectivity index (χ1) is 9.69. The maximum atomic E-state index is 6.16. The van der Waals surface area contributed by atoms with Crippen LogP contribution in [0.5, 0.6) is 5.75 Å². The van der Waals surface area contributed by atoms with Gasteiger partial charge >= 0.3 is 0 Å². The number of fused-ring (bicyclic) bond motifs is 1. The average Bonchev–Trinajstić information content (AvgIpc) is 2.92. The number of anilines is 1. The molecule has 0 saturated carbocycles. The SMILES string of the molecule is COc1cc(Cl)c(C)cc1NC1CCCc2sccc21. The zero-order valence-electron chi connectivity index (χ0n) is 11.7. The molecule has 0 radical (unpaired) electrons. The van der Waals surface area contributed by atoms with Crippen LogP contribution < -0.4 is 10.1 Å². The molecule has 1 aromatic heterocycles. The van der Waals surface area contributed by atoms with Gasteiger partial charge in [-0.3, -0.25) is 0 Å². The van der Waals surface area contributed by atoms with Crippen molar-refractivity contribution in [3.63, 3.8) is 0 Å². The van der Waals surface area contributed by atoms with Crippen molar-refractivity contribution < 1.29 is 4.74 Å². The molecule has 1 N–H and O–H groups in total. The number of hydrogen-bond donors (Lipinski definition) is 1. The zero-order valence-corrected chi connectivity index (χ0v) is 13.3. The summed E-state index contributed by atoms with van der Waals surface area (Å²) in [5.74, 6) is 0.808. The van der Waals surface area contributed by atoms with E-state index in [1.807, 2.05) is 24.3 Å². The molecule has 1 heterocycles. The third kappa shape index (κ3) is 2.52. The molecule has 0 spiro atoms. The Morgan fingerprint density at radius 3 is 3.05 bits per heavy atom. The molecule has 1 aromatic carbocycles. The topological polar surface area (TPSA) is 21.3 Å². The van der Waals surface area contributed by atoms with E-state index >= 15 is 0 Å². The summed E-state index contributed by atoms with van der Waals surface area (Å²) in [4.78, 5) is 1.51. The van der Waals surface area contributed by atoms with Crippen molar-refractivity contribution in [2.45, 2.75) is 32.2 Å². The third-order valence-corrected chi connectivity index (χ3v) is 5.27. The minimum atomic E-state index is 0.375. The van der Waals surface area contributed by atoms with Crippen LogP contribution in [0.2, 0.25) is 5.02 Å². The van der Waals surface area contributed by atoms with Crippen molar-refractivity contribution in [1.82, 2.24) is 0 Å². The molecule has 2 nitrogen and oxygen atoms in total. The summed E-state index contributed by atoms with van der Waals surface area (Å²) in [5, 5.41) is 6.57. The van der Waals surface area contributed by atoms with Crippen LogP contribution in [0, 0.1) is 6.92 Å². The van der Waals surface area contributed by atoms with Crippen LogP contribution in [-0.2, 0) is 6.42 Å². The van der Waals surface area contributed by atoms with Crippen molar-refractivity contribution >= 4 is 28.6 Å². The standard InChI is InChI=1S/C16H18ClNOS/c1-10-8-14(15(19-2)9-12(10)17)18-13-4-3-5-16-11(13)6-7-20-16/h6-9,13,18H,3-5H2,1-2H3. The van der Waals surface area contributed by atoms with Gasteiger partial charge in [-0.1, -0.05) is 11.6 Å². The Hall–Kier alpha value is -1.19. The van der Waals surface area contributed by atoms with E-state index in [2.05, 4.69) is 22.8 Å². The highest BCUT2D eigenvalue weighted by Gasteiger charge is 2.22. The van der Waals surface area contributed by atoms with E-state index in [-0.39, 0.29) is 0 Å². The Bertz CT molecular complexity index is 623. The minimum Gasteiger partial charge on any atom is -0.495 e. The van der Waals surface area contributed by atoms with Gasteiger partial charge < -0.3 is 10.1 Å². The van der Waals surface area contributed by atoms with Crippen LogP contribution in [0.25, 0.3) is 0 Å². The number of aryl methyl sites for hydroxylation is 2. The van der Waals surface area contributed by atoms with Gasteiger partial charge in [-0.05, 0) is 54.8 Å². The van der Waals surface area contributed by atoms with E-state index in [4.69, 9.17) is 16.3 Å². The molecule has 3 rings (SSSR count). The lowest BCUT2D eigenvalue weighted by atomic mass is 9.93. The van der Waals surface area contributed by atoms with E-state index in [1.54, 1.807) is 7.11 Å². The van der Waals surface area contributed by atoms with Gasteiger partial charge in [0.2, 0.25) is 0 Å². The Labute approximate surface area is 128 Å². The van der Waals surface area contributed by atoms with E-state index in [0.717, 1.165) is 28.4 Å². The van der Waals surface area contributed by atoms with Crippen molar-refractivity contribution in [1.29, 1.82) is 0 Å². The van der Waals surface area contributed by atoms with Gasteiger partial charge in [0, 0.05) is 16.0 Å². The maximum Gasteiger partial charge on any atom is 0.143 e. The summed E-state index contributed by atoms with van der Waals surface area (Å²) in [6.45, 7) is 2.02. The monoisotopic (exact) mass is 307 g/mol. The van der Waals surface area contributed by atoms with Crippen LogP contribution in [0.1, 0.15) is 34.9 Å². The van der Waals surface area contributed by atoms with E-state index in [9.17, 15) is 0 Å². The molecule has 0 amide bonds. The highest BCUT2D eigenvalue weighted by atomic mass is 35.5. The number of thiophene rings is 1. The summed E-state index contributed by atoms with van der Waals surface area (Å²) in [5.41, 5.74) is 3.53. The first-order valence-electron chi connectivity index (χ1n) is 6.86. The second-order valence-electron chi connectivity index (χ2n) is 5.19. The predicted octanol–water partition coefficient (Wildman–Crippen LogP) is 5.21. The van der Waals surface area contributed by atoms with E-state index < -0.39 is 0 Å². The maximum absolute atomic E-state index is 6.16. The lowest BCUT2D eigenvalue weighted by molar-refractivity contribution is 0.415. The number of halogens is 1. The highest BCUT2D eigenvalue weighted by Crippen LogP contribution is 2.39. The Balaban J connectivity index is 1.91. The van der Waals surface area contributed by atoms with Crippen LogP contribution in [0.15, 0.2) is 23.6 Å². The van der Waals surface area contributed by atoms with Gasteiger partial charge in [-0.15, -0.1) is 11.3 Å². The van der Waals surface area contributed by atoms with Crippen LogP contribution >= 0.6 is 22.9 Å². The van der Waals surface area contributed by atoms with Crippen molar-refractivity contribution in [3.05, 3.63) is 44.6 Å². The van der Waals surface area contributed by atoms with Crippen molar-refractivity contribution in [3.8, 4) is 5.75 Å². The largest absolute Gasteiger partial charge is 0.495 e. The fourth-order valence-corrected chi connectivity index (χ4v) is 3.91. The predicted molar refractivity (Wildman–Crippen MR) is 86.4 cm³/mol. The molecular weight excluding hydrogens is 290 g/mol. The molecule has 1 atom stereocenters. The van der Waals surface area contributed by atoms with Crippen LogP contribution in [0.3, 0.4) is 0 Å². The van der Waals surface area contributed by atoms with Gasteiger partial charge in [-0.2, -0.15) is 0 Å². The smallest absolute Gasteiger partial charge is 0.143 e. The molecule has 1 unspecified atom stereocenters. The summed E-state index contributed by atoms with van der Waals surface area (Å²) < 4.78 is 5.45. The molecule has 0 saturated heterocycles. The summed E-state index contributed by atoms with van der Waals surface area (Å²) >= 11 is 8.03. The van der Waals surface area contributed by atoms with E-state index in [0.29, 0.717) is 6.04 Å². The first-order valence-corrected chi connectivity index (χ1v) is 8.11. The van der Waals surface area contributed by atoms with Crippen LogP contribution in [0.4, 0.5) is 5.69 Å². The molecule has 1 aliphatic carbocycles. The number of benzene rings is 1. The lowest BCUT2D eigenvalue weighted by Gasteiger charge is -2.26. The molecule has 0 bridgehead atoms. The molecule has 106 valence electrons.